The van der Waals surface area contributed by atoms with Crippen molar-refractivity contribution >= 4 is 40.9 Å². The van der Waals surface area contributed by atoms with Crippen molar-refractivity contribution in [2.75, 3.05) is 0 Å². The van der Waals surface area contributed by atoms with Crippen LogP contribution in [-0.4, -0.2) is 10.2 Å². The van der Waals surface area contributed by atoms with Gasteiger partial charge in [-0.25, -0.2) is 0 Å². The summed E-state index contributed by atoms with van der Waals surface area (Å²) in [6, 6.07) is 0. The van der Waals surface area contributed by atoms with Gasteiger partial charge in [-0.3, -0.25) is 0 Å². The van der Waals surface area contributed by atoms with E-state index in [1.165, 1.54) is 6.08 Å². The minimum atomic E-state index is -1.55. The van der Waals surface area contributed by atoms with Crippen molar-refractivity contribution < 1.29 is 5.11 Å². The highest BCUT2D eigenvalue weighted by Gasteiger charge is 2.22. The van der Waals surface area contributed by atoms with Crippen molar-refractivity contribution in [1.82, 2.24) is 0 Å². The molecule has 0 aromatic heterocycles. The molecule has 0 unspecified atom stereocenters. The van der Waals surface area contributed by atoms with Gasteiger partial charge in [-0.05, 0) is 0 Å². The van der Waals surface area contributed by atoms with E-state index in [4.69, 9.17) is 35.0 Å². The molecule has 10 heavy (non-hydrogen) atoms. The van der Waals surface area contributed by atoms with Gasteiger partial charge in [0, 0.05) is 24.1 Å². The fourth-order valence-electron chi connectivity index (χ4n) is 0.330. The van der Waals surface area contributed by atoms with Crippen LogP contribution in [0.4, 0.5) is 0 Å². The van der Waals surface area contributed by atoms with Crippen molar-refractivity contribution in [2.24, 2.45) is 4.51 Å². The largest absolute Gasteiger partial charge is 0.859 e. The summed E-state index contributed by atoms with van der Waals surface area (Å²) >= 11 is 15.8. The molecule has 0 atom stereocenters. The number of hydrogen-bond acceptors (Lipinski definition) is 2. The number of nitrogens with zero attached hydrogens (tertiary/aromatic N) is 1. The average molecular weight is 201 g/mol. The van der Waals surface area contributed by atoms with E-state index in [1.807, 2.05) is 0 Å². The van der Waals surface area contributed by atoms with Gasteiger partial charge in [0.2, 0.25) is 0 Å². The zero-order chi connectivity index (χ0) is 8.20. The summed E-state index contributed by atoms with van der Waals surface area (Å²) in [5.41, 5.74) is 0. The lowest BCUT2D eigenvalue weighted by atomic mass is 10.3. The molecule has 0 aliphatic heterocycles. The molecule has 0 radical (unpaired) electrons. The number of halogens is 3. The maximum absolute atomic E-state index is 10.6. The van der Waals surface area contributed by atoms with Crippen molar-refractivity contribution in [1.29, 1.82) is 0 Å². The second-order valence-electron chi connectivity index (χ2n) is 1.59. The van der Waals surface area contributed by atoms with Gasteiger partial charge in [0.05, 0.1) is 0 Å². The van der Waals surface area contributed by atoms with Gasteiger partial charge in [0.15, 0.2) is 4.33 Å². The highest BCUT2D eigenvalue weighted by Crippen LogP contribution is 2.25. The minimum Gasteiger partial charge on any atom is -0.859 e. The minimum absolute atomic E-state index is 0.130. The Labute approximate surface area is 74.2 Å². The maximum atomic E-state index is 10.6. The molecule has 0 aromatic rings. The van der Waals surface area contributed by atoms with Crippen molar-refractivity contribution in [3.63, 3.8) is 0 Å². The topological polar surface area (TPSA) is 35.4 Å². The molecule has 58 valence electrons. The fourth-order valence-corrected chi connectivity index (χ4v) is 0.864. The zero-order valence-corrected chi connectivity index (χ0v) is 7.25. The third kappa shape index (κ3) is 2.78. The Hall–Kier alpha value is 0.0800. The Kier molecular flexibility index (Phi) is 4.09. The third-order valence-electron chi connectivity index (χ3n) is 0.790. The van der Waals surface area contributed by atoms with Crippen LogP contribution in [0.1, 0.15) is 6.42 Å². The highest BCUT2D eigenvalue weighted by atomic mass is 35.5. The summed E-state index contributed by atoms with van der Waals surface area (Å²) in [7, 11) is 0. The Balaban J connectivity index is 4.23. The van der Waals surface area contributed by atoms with E-state index in [2.05, 4.69) is 11.1 Å². The van der Waals surface area contributed by atoms with E-state index in [9.17, 15) is 5.11 Å². The second kappa shape index (κ2) is 4.06. The van der Waals surface area contributed by atoms with Crippen LogP contribution in [0.25, 0.3) is 0 Å². The first-order valence-corrected chi connectivity index (χ1v) is 3.49. The van der Waals surface area contributed by atoms with Gasteiger partial charge in [-0.1, -0.05) is 29.3 Å². The van der Waals surface area contributed by atoms with Crippen molar-refractivity contribution in [3.05, 3.63) is 12.7 Å². The van der Waals surface area contributed by atoms with Crippen LogP contribution < -0.4 is 5.11 Å². The predicted octanol–water partition coefficient (Wildman–Crippen LogP) is 1.65. The fraction of sp³-hybridized carbons (Fsp3) is 0.400. The molecule has 0 aromatic carbocycles. The van der Waals surface area contributed by atoms with Crippen molar-refractivity contribution in [2.45, 2.75) is 10.8 Å². The summed E-state index contributed by atoms with van der Waals surface area (Å²) in [6.45, 7) is 3.36. The van der Waals surface area contributed by atoms with Gasteiger partial charge in [-0.15, -0.1) is 6.58 Å². The highest BCUT2D eigenvalue weighted by molar-refractivity contribution is 6.58. The second-order valence-corrected chi connectivity index (χ2v) is 3.24. The van der Waals surface area contributed by atoms with Crippen molar-refractivity contribution in [3.8, 4) is 0 Å². The van der Waals surface area contributed by atoms with Gasteiger partial charge in [0.1, 0.15) is 0 Å². The summed E-state index contributed by atoms with van der Waals surface area (Å²) in [4.78, 5) is 0. The average Bonchev–Trinajstić information content (AvgIpc) is 1.86. The summed E-state index contributed by atoms with van der Waals surface area (Å²) in [5.74, 6) is -0.766. The quantitative estimate of drug-likeness (QED) is 0.296. The SMILES string of the molecule is C=CCC(Cl)(Cl)/C([O-])=N/Cl. The van der Waals surface area contributed by atoms with Crippen LogP contribution >= 0.6 is 35.0 Å². The molecule has 0 fully saturated rings. The molecule has 0 rings (SSSR count). The van der Waals surface area contributed by atoms with E-state index in [0.29, 0.717) is 0 Å². The molecule has 5 heteroatoms. The molecule has 0 heterocycles. The molecule has 0 N–H and O–H groups in total. The first-order chi connectivity index (χ1) is 4.54. The van der Waals surface area contributed by atoms with E-state index in [-0.39, 0.29) is 6.42 Å². The smallest absolute Gasteiger partial charge is 0.150 e. The molecule has 2 nitrogen and oxygen atoms in total. The van der Waals surface area contributed by atoms with Gasteiger partial charge in [0.25, 0.3) is 0 Å². The molecule has 0 saturated carbocycles. The van der Waals surface area contributed by atoms with Gasteiger partial charge in [-0.2, -0.15) is 4.51 Å². The van der Waals surface area contributed by atoms with Crippen LogP contribution in [0, 0.1) is 0 Å². The Morgan fingerprint density at radius 3 is 2.50 bits per heavy atom. The Bertz CT molecular complexity index is 155. The number of alkyl halides is 2. The molecular formula is C5H5Cl3NO-. The van der Waals surface area contributed by atoms with Crippen LogP contribution in [0.2, 0.25) is 0 Å². The summed E-state index contributed by atoms with van der Waals surface area (Å²) < 4.78 is 1.25. The lowest BCUT2D eigenvalue weighted by Gasteiger charge is -2.22. The number of rotatable bonds is 3. The monoisotopic (exact) mass is 200 g/mol. The molecule has 0 spiro atoms. The van der Waals surface area contributed by atoms with E-state index >= 15 is 0 Å². The summed E-state index contributed by atoms with van der Waals surface area (Å²) in [6.07, 6.45) is 1.55. The lowest BCUT2D eigenvalue weighted by molar-refractivity contribution is -0.219. The predicted molar refractivity (Wildman–Crippen MR) is 42.5 cm³/mol. The first kappa shape index (κ1) is 10.1. The molecule has 0 aliphatic carbocycles. The van der Waals surface area contributed by atoms with Gasteiger partial charge >= 0.3 is 0 Å². The van der Waals surface area contributed by atoms with E-state index in [0.717, 1.165) is 0 Å². The Morgan fingerprint density at radius 2 is 2.20 bits per heavy atom. The maximum Gasteiger partial charge on any atom is 0.150 e. The number of hydrogen-bond donors (Lipinski definition) is 0. The van der Waals surface area contributed by atoms with Crippen LogP contribution in [0.15, 0.2) is 17.2 Å². The van der Waals surface area contributed by atoms with Gasteiger partial charge < -0.3 is 5.11 Å². The Morgan fingerprint density at radius 1 is 1.70 bits per heavy atom. The number of allylic oxidation sites excluding steroid dienone is 1. The van der Waals surface area contributed by atoms with E-state index in [1.54, 1.807) is 0 Å². The molecule has 0 amide bonds. The van der Waals surface area contributed by atoms with Crippen LogP contribution in [-0.2, 0) is 0 Å². The molecular weight excluding hydrogens is 196 g/mol. The lowest BCUT2D eigenvalue weighted by Crippen LogP contribution is -2.35. The molecule has 0 bridgehead atoms. The van der Waals surface area contributed by atoms with Crippen LogP contribution in [0.3, 0.4) is 0 Å². The summed E-state index contributed by atoms with van der Waals surface area (Å²) in [5, 5.41) is 10.6. The zero-order valence-electron chi connectivity index (χ0n) is 4.98. The van der Waals surface area contributed by atoms with Crippen LogP contribution in [0.5, 0.6) is 0 Å². The normalized spacial score (nSPS) is 13.3. The third-order valence-corrected chi connectivity index (χ3v) is 1.58. The van der Waals surface area contributed by atoms with E-state index < -0.39 is 10.2 Å². The molecule has 0 saturated heterocycles. The molecule has 0 aliphatic rings. The standard InChI is InChI=1S/C5H6Cl3NO/c1-2-3-5(6,7)4(10)9-8/h2H,1,3H2,(H,9,10)/p-1. The first-order valence-electron chi connectivity index (χ1n) is 2.39.